The number of carbonyl (C=O) groups excluding carboxylic acids is 3. The molecule has 10 heteroatoms. The summed E-state index contributed by atoms with van der Waals surface area (Å²) in [5.74, 6) is -7.40. The van der Waals surface area contributed by atoms with E-state index in [-0.39, 0.29) is 42.2 Å². The lowest BCUT2D eigenvalue weighted by Gasteiger charge is -2.53. The topological polar surface area (TPSA) is 187 Å². The molecule has 35 heavy (non-hydrogen) atoms. The lowest BCUT2D eigenvalue weighted by atomic mass is 9.55. The maximum absolute atomic E-state index is 13.8. The fraction of sp³-hybridized carbons (Fsp3) is 0.560. The van der Waals surface area contributed by atoms with Crippen molar-refractivity contribution in [1.29, 1.82) is 0 Å². The Balaban J connectivity index is 1.97. The average Bonchev–Trinajstić information content (AvgIpc) is 2.75. The van der Waals surface area contributed by atoms with Crippen LogP contribution in [0.3, 0.4) is 0 Å². The normalized spacial score (nSPS) is 32.5. The van der Waals surface area contributed by atoms with Crippen LogP contribution in [0.4, 0.5) is 0 Å². The van der Waals surface area contributed by atoms with Gasteiger partial charge >= 0.3 is 0 Å². The molecule has 1 saturated carbocycles. The summed E-state index contributed by atoms with van der Waals surface area (Å²) in [7, 11) is 3.26. The number of Topliss-reactive ketones (excluding diaryl/α,β-unsaturated/α-hetero) is 2. The van der Waals surface area contributed by atoms with Crippen molar-refractivity contribution in [2.45, 2.75) is 56.9 Å². The fourth-order valence-electron chi connectivity index (χ4n) is 6.43. The highest BCUT2D eigenvalue weighted by molar-refractivity contribution is 6.15. The molecule has 0 spiro atoms. The summed E-state index contributed by atoms with van der Waals surface area (Å²) in [5, 5.41) is 44.8. The maximum Gasteiger partial charge on any atom is 0.230 e. The van der Waals surface area contributed by atoms with Gasteiger partial charge in [-0.25, -0.2) is 0 Å². The summed E-state index contributed by atoms with van der Waals surface area (Å²) in [6.45, 7) is 3.91. The minimum Gasteiger partial charge on any atom is -0.508 e. The van der Waals surface area contributed by atoms with Gasteiger partial charge in [0.15, 0.2) is 17.2 Å². The zero-order valence-electron chi connectivity index (χ0n) is 20.3. The molecule has 2 unspecified atom stereocenters. The number of nitrogens with zero attached hydrogens (tertiary/aromatic N) is 1. The molecule has 1 fully saturated rings. The molecule has 0 saturated heterocycles. The van der Waals surface area contributed by atoms with E-state index in [4.69, 9.17) is 11.5 Å². The van der Waals surface area contributed by atoms with Crippen LogP contribution in [-0.2, 0) is 22.6 Å². The van der Waals surface area contributed by atoms with Crippen LogP contribution in [0.2, 0.25) is 0 Å². The number of carbonyl (C=O) groups is 3. The van der Waals surface area contributed by atoms with Crippen molar-refractivity contribution in [2.75, 3.05) is 14.1 Å². The van der Waals surface area contributed by atoms with Gasteiger partial charge in [0.05, 0.1) is 11.7 Å². The number of amides is 1. The van der Waals surface area contributed by atoms with Gasteiger partial charge in [0.1, 0.15) is 17.4 Å². The number of nitrogens with two attached hydrogens (primary N) is 2. The third kappa shape index (κ3) is 3.35. The van der Waals surface area contributed by atoms with E-state index in [1.807, 2.05) is 13.8 Å². The Morgan fingerprint density at radius 3 is 2.40 bits per heavy atom. The van der Waals surface area contributed by atoms with E-state index in [0.29, 0.717) is 11.1 Å². The average molecular weight is 488 g/mol. The number of phenolic OH excluding ortho intramolecular Hbond substituents is 1. The Kier molecular flexibility index (Phi) is 6.08. The molecule has 1 aromatic rings. The van der Waals surface area contributed by atoms with E-state index in [2.05, 4.69) is 0 Å². The van der Waals surface area contributed by atoms with Crippen LogP contribution in [0.15, 0.2) is 17.4 Å². The SMILES string of the molecule is CC(C)c1cc(CN)c(O)c2c1C[C@H]1C[C@H]3[C@H](N(C)C)C(O)C(C(N)=O)C(=O)[C@@]3(O)C(O)=C1C2=O. The van der Waals surface area contributed by atoms with Crippen molar-refractivity contribution >= 4 is 17.5 Å². The highest BCUT2D eigenvalue weighted by Gasteiger charge is 2.66. The van der Waals surface area contributed by atoms with Gasteiger partial charge in [-0.3, -0.25) is 14.4 Å². The molecule has 6 atom stereocenters. The van der Waals surface area contributed by atoms with Crippen molar-refractivity contribution in [2.24, 2.45) is 29.2 Å². The van der Waals surface area contributed by atoms with E-state index in [0.717, 1.165) is 5.56 Å². The molecule has 10 nitrogen and oxygen atoms in total. The highest BCUT2D eigenvalue weighted by atomic mass is 16.3. The smallest absolute Gasteiger partial charge is 0.230 e. The summed E-state index contributed by atoms with van der Waals surface area (Å²) in [6, 6.07) is 0.890. The highest BCUT2D eigenvalue weighted by Crippen LogP contribution is 2.53. The molecule has 8 N–H and O–H groups in total. The molecule has 3 aliphatic rings. The van der Waals surface area contributed by atoms with Crippen LogP contribution in [0.5, 0.6) is 5.75 Å². The first kappa shape index (κ1) is 25.3. The second-order valence-electron chi connectivity index (χ2n) is 10.5. The van der Waals surface area contributed by atoms with E-state index < -0.39 is 58.7 Å². The van der Waals surface area contributed by atoms with Crippen LogP contribution in [0, 0.1) is 17.8 Å². The Morgan fingerprint density at radius 1 is 1.26 bits per heavy atom. The number of benzene rings is 1. The van der Waals surface area contributed by atoms with E-state index in [9.17, 15) is 34.8 Å². The number of fused-ring (bicyclic) bond motifs is 3. The van der Waals surface area contributed by atoms with E-state index in [1.165, 1.54) is 0 Å². The minimum atomic E-state index is -2.59. The molecular formula is C25H33N3O7. The largest absolute Gasteiger partial charge is 0.508 e. The first-order valence-corrected chi connectivity index (χ1v) is 11.7. The van der Waals surface area contributed by atoms with Gasteiger partial charge in [-0.15, -0.1) is 0 Å². The molecule has 1 aromatic carbocycles. The Hall–Kier alpha value is -2.79. The number of likely N-dealkylation sites (N-methyl/N-ethyl adjacent to an activating group) is 1. The van der Waals surface area contributed by atoms with Gasteiger partial charge < -0.3 is 36.8 Å². The van der Waals surface area contributed by atoms with Gasteiger partial charge in [0.2, 0.25) is 5.91 Å². The molecule has 0 radical (unpaired) electrons. The standard InChI is InChI=1S/C25H33N3O7/c1-9(2)12-6-11(8-26)19(29)16-13(12)5-10-7-14-18(28(3)4)21(31)17(24(27)34)23(33)25(14,35)22(32)15(10)20(16)30/h6,9-10,14,17-18,21,29,31-32,35H,5,7-8,26H2,1-4H3,(H2,27,34)/t10-,14-,17?,18-,21?,25-/m0/s1. The minimum absolute atomic E-state index is 0.00619. The number of allylic oxidation sites excluding steroid dienone is 1. The molecule has 4 rings (SSSR count). The number of hydrogen-bond acceptors (Lipinski definition) is 9. The number of primary amides is 1. The first-order valence-electron chi connectivity index (χ1n) is 11.7. The van der Waals surface area contributed by atoms with Crippen LogP contribution in [-0.4, -0.2) is 74.6 Å². The van der Waals surface area contributed by atoms with Crippen LogP contribution < -0.4 is 11.5 Å². The summed E-state index contributed by atoms with van der Waals surface area (Å²) in [6.07, 6.45) is -1.12. The van der Waals surface area contributed by atoms with Crippen molar-refractivity contribution in [3.8, 4) is 5.75 Å². The number of hydrogen-bond donors (Lipinski definition) is 6. The van der Waals surface area contributed by atoms with E-state index >= 15 is 0 Å². The predicted octanol–water partition coefficient (Wildman–Crippen LogP) is -0.132. The molecule has 0 bridgehead atoms. The second-order valence-corrected chi connectivity index (χ2v) is 10.5. The number of aliphatic hydroxyl groups excluding tert-OH is 2. The molecule has 0 heterocycles. The van der Waals surface area contributed by atoms with Gasteiger partial charge in [-0.05, 0) is 49.9 Å². The molecule has 3 aliphatic carbocycles. The van der Waals surface area contributed by atoms with Crippen molar-refractivity contribution < 1.29 is 34.8 Å². The summed E-state index contributed by atoms with van der Waals surface area (Å²) >= 11 is 0. The van der Waals surface area contributed by atoms with Gasteiger partial charge in [-0.2, -0.15) is 0 Å². The second kappa shape index (κ2) is 8.41. The number of rotatable bonds is 4. The van der Waals surface area contributed by atoms with Crippen LogP contribution in [0.25, 0.3) is 0 Å². The fourth-order valence-corrected chi connectivity index (χ4v) is 6.43. The van der Waals surface area contributed by atoms with Crippen molar-refractivity contribution in [3.63, 3.8) is 0 Å². The lowest BCUT2D eigenvalue weighted by molar-refractivity contribution is -0.178. The summed E-state index contributed by atoms with van der Waals surface area (Å²) in [4.78, 5) is 40.8. The quantitative estimate of drug-likeness (QED) is 0.314. The monoisotopic (exact) mass is 487 g/mol. The number of phenols is 1. The van der Waals surface area contributed by atoms with Gasteiger partial charge in [0.25, 0.3) is 0 Å². The van der Waals surface area contributed by atoms with E-state index in [1.54, 1.807) is 25.1 Å². The Labute approximate surface area is 203 Å². The number of ketones is 2. The summed E-state index contributed by atoms with van der Waals surface area (Å²) < 4.78 is 0. The zero-order chi connectivity index (χ0) is 26.1. The van der Waals surface area contributed by atoms with Gasteiger partial charge in [-0.1, -0.05) is 19.9 Å². The predicted molar refractivity (Wildman–Crippen MR) is 125 cm³/mol. The third-order valence-electron chi connectivity index (χ3n) is 8.05. The maximum atomic E-state index is 13.8. The zero-order valence-corrected chi connectivity index (χ0v) is 20.3. The first-order chi connectivity index (χ1) is 16.3. The molecule has 0 aromatic heterocycles. The number of aromatic hydroxyl groups is 1. The van der Waals surface area contributed by atoms with Crippen LogP contribution >= 0.6 is 0 Å². The van der Waals surface area contributed by atoms with Crippen LogP contribution in [0.1, 0.15) is 53.2 Å². The molecule has 1 amide bonds. The Morgan fingerprint density at radius 2 is 1.89 bits per heavy atom. The van der Waals surface area contributed by atoms with Crippen molar-refractivity contribution in [3.05, 3.63) is 39.7 Å². The van der Waals surface area contributed by atoms with Crippen molar-refractivity contribution in [1.82, 2.24) is 4.90 Å². The Bertz CT molecular complexity index is 1160. The molecule has 190 valence electrons. The molecule has 0 aliphatic heterocycles. The third-order valence-corrected chi connectivity index (χ3v) is 8.05. The van der Waals surface area contributed by atoms with Gasteiger partial charge in [0, 0.05) is 29.6 Å². The lowest BCUT2D eigenvalue weighted by Crippen LogP contribution is -2.71. The molecular weight excluding hydrogens is 454 g/mol. The summed E-state index contributed by atoms with van der Waals surface area (Å²) in [5.41, 5.74) is 10.3. The number of aliphatic hydroxyl groups is 3.